The zero-order chi connectivity index (χ0) is 15.9. The summed E-state index contributed by atoms with van der Waals surface area (Å²) in [7, 11) is 1.74. The van der Waals surface area contributed by atoms with Gasteiger partial charge in [0.1, 0.15) is 5.75 Å². The maximum absolute atomic E-state index is 11.2. The summed E-state index contributed by atoms with van der Waals surface area (Å²) in [5.74, 6) is 1.20. The number of hydrogen-bond donors (Lipinski definition) is 2. The maximum Gasteiger partial charge on any atom is 0.124 e. The molecule has 1 saturated carbocycles. The van der Waals surface area contributed by atoms with E-state index in [-0.39, 0.29) is 12.0 Å². The van der Waals surface area contributed by atoms with Crippen molar-refractivity contribution in [2.75, 3.05) is 13.7 Å². The number of hydrogen-bond acceptors (Lipinski definition) is 3. The molecular formula is C20H25NO2. The molecule has 0 bridgehead atoms. The van der Waals surface area contributed by atoms with Crippen LogP contribution in [0.5, 0.6) is 5.75 Å². The minimum Gasteiger partial charge on any atom is -0.496 e. The first-order chi connectivity index (χ1) is 11.2. The van der Waals surface area contributed by atoms with E-state index in [1.54, 1.807) is 7.11 Å². The van der Waals surface area contributed by atoms with E-state index in [4.69, 9.17) is 4.74 Å². The normalized spacial score (nSPS) is 30.9. The third kappa shape index (κ3) is 2.43. The molecule has 1 aliphatic heterocycles. The first-order valence-corrected chi connectivity index (χ1v) is 8.74. The predicted molar refractivity (Wildman–Crippen MR) is 92.8 cm³/mol. The molecule has 2 N–H and O–H groups in total. The van der Waals surface area contributed by atoms with Crippen molar-refractivity contribution in [1.29, 1.82) is 0 Å². The average molecular weight is 311 g/mol. The van der Waals surface area contributed by atoms with Crippen LogP contribution in [0, 0.1) is 5.92 Å². The van der Waals surface area contributed by atoms with Crippen molar-refractivity contribution in [3.05, 3.63) is 42.0 Å². The lowest BCUT2D eigenvalue weighted by Crippen LogP contribution is -2.53. The summed E-state index contributed by atoms with van der Waals surface area (Å²) in [5, 5.41) is 17.3. The highest BCUT2D eigenvalue weighted by atomic mass is 16.5. The Morgan fingerprint density at radius 3 is 2.87 bits per heavy atom. The fourth-order valence-electron chi connectivity index (χ4n) is 4.70. The molecule has 3 atom stereocenters. The van der Waals surface area contributed by atoms with Gasteiger partial charge in [-0.2, -0.15) is 0 Å². The van der Waals surface area contributed by atoms with E-state index in [2.05, 4.69) is 41.7 Å². The predicted octanol–water partition coefficient (Wildman–Crippen LogP) is 3.80. The molecule has 2 fully saturated rings. The Balaban J connectivity index is 1.87. The lowest BCUT2D eigenvalue weighted by Gasteiger charge is -2.48. The van der Waals surface area contributed by atoms with E-state index in [1.165, 1.54) is 22.8 Å². The Hall–Kier alpha value is -1.58. The van der Waals surface area contributed by atoms with Crippen LogP contribution < -0.4 is 10.1 Å². The second kappa shape index (κ2) is 5.81. The molecule has 23 heavy (non-hydrogen) atoms. The minimum absolute atomic E-state index is 0.162. The molecule has 1 heterocycles. The zero-order valence-corrected chi connectivity index (χ0v) is 13.7. The van der Waals surface area contributed by atoms with Crippen molar-refractivity contribution in [1.82, 2.24) is 5.32 Å². The van der Waals surface area contributed by atoms with Gasteiger partial charge in [0.05, 0.1) is 12.7 Å². The summed E-state index contributed by atoms with van der Waals surface area (Å²) >= 11 is 0. The van der Waals surface area contributed by atoms with Gasteiger partial charge in [0.25, 0.3) is 0 Å². The molecule has 3 heteroatoms. The molecule has 122 valence electrons. The number of fused-ring (bicyclic) bond motifs is 2. The number of benzene rings is 2. The van der Waals surface area contributed by atoms with Gasteiger partial charge < -0.3 is 15.2 Å². The molecular weight excluding hydrogens is 286 g/mol. The van der Waals surface area contributed by atoms with E-state index in [0.29, 0.717) is 0 Å². The summed E-state index contributed by atoms with van der Waals surface area (Å²) in [6.07, 6.45) is 5.23. The summed E-state index contributed by atoms with van der Waals surface area (Å²) in [4.78, 5) is 0. The summed E-state index contributed by atoms with van der Waals surface area (Å²) < 4.78 is 5.70. The second-order valence-corrected chi connectivity index (χ2v) is 7.04. The van der Waals surface area contributed by atoms with Crippen LogP contribution in [0.25, 0.3) is 10.8 Å². The monoisotopic (exact) mass is 311 g/mol. The molecule has 3 nitrogen and oxygen atoms in total. The Morgan fingerprint density at radius 1 is 1.13 bits per heavy atom. The molecule has 0 amide bonds. The molecule has 1 aliphatic carbocycles. The molecule has 2 aromatic carbocycles. The van der Waals surface area contributed by atoms with Gasteiger partial charge >= 0.3 is 0 Å². The highest BCUT2D eigenvalue weighted by Gasteiger charge is 2.46. The number of rotatable bonds is 2. The number of nitrogens with one attached hydrogen (secondary N) is 1. The van der Waals surface area contributed by atoms with Gasteiger partial charge in [-0.05, 0) is 42.6 Å². The average Bonchev–Trinajstić information content (AvgIpc) is 2.59. The third-order valence-corrected chi connectivity index (χ3v) is 5.85. The fourth-order valence-corrected chi connectivity index (χ4v) is 4.70. The van der Waals surface area contributed by atoms with Crippen molar-refractivity contribution in [3.8, 4) is 5.75 Å². The van der Waals surface area contributed by atoms with Crippen LogP contribution in [0.2, 0.25) is 0 Å². The first kappa shape index (κ1) is 15.0. The smallest absolute Gasteiger partial charge is 0.124 e. The molecule has 2 aliphatic rings. The van der Waals surface area contributed by atoms with E-state index < -0.39 is 5.60 Å². The zero-order valence-electron chi connectivity index (χ0n) is 13.7. The quantitative estimate of drug-likeness (QED) is 0.886. The SMILES string of the molecule is COc1ccc2ccccc2c1[C@@H]1NCC[C@@]2(O)CCCC[C@@H]12. The van der Waals surface area contributed by atoms with Crippen LogP contribution in [-0.2, 0) is 0 Å². The molecule has 4 rings (SSSR count). The standard InChI is InChI=1S/C20H25NO2/c1-23-17-10-9-14-6-2-3-7-15(14)18(17)19-16-8-4-5-11-20(16,22)12-13-21-19/h2-3,6-7,9-10,16,19,21-22H,4-5,8,11-13H2,1H3/t16-,19+,20-/m0/s1. The van der Waals surface area contributed by atoms with E-state index in [0.717, 1.165) is 38.0 Å². The number of piperidine rings is 1. The van der Waals surface area contributed by atoms with Gasteiger partial charge in [-0.15, -0.1) is 0 Å². The van der Waals surface area contributed by atoms with Crippen molar-refractivity contribution < 1.29 is 9.84 Å². The molecule has 0 aromatic heterocycles. The molecule has 0 unspecified atom stereocenters. The number of aliphatic hydroxyl groups is 1. The second-order valence-electron chi connectivity index (χ2n) is 7.04. The Kier molecular flexibility index (Phi) is 3.78. The Morgan fingerprint density at radius 2 is 2.00 bits per heavy atom. The molecule has 0 radical (unpaired) electrons. The lowest BCUT2D eigenvalue weighted by molar-refractivity contribution is -0.0861. The van der Waals surface area contributed by atoms with Crippen LogP contribution in [0.4, 0.5) is 0 Å². The van der Waals surface area contributed by atoms with Crippen LogP contribution in [0.1, 0.15) is 43.7 Å². The number of methoxy groups -OCH3 is 1. The van der Waals surface area contributed by atoms with E-state index in [9.17, 15) is 5.11 Å². The Bertz CT molecular complexity index is 710. The first-order valence-electron chi connectivity index (χ1n) is 8.74. The highest BCUT2D eigenvalue weighted by Crippen LogP contribution is 2.48. The van der Waals surface area contributed by atoms with Crippen molar-refractivity contribution in [3.63, 3.8) is 0 Å². The topological polar surface area (TPSA) is 41.5 Å². The van der Waals surface area contributed by atoms with E-state index >= 15 is 0 Å². The highest BCUT2D eigenvalue weighted by molar-refractivity contribution is 5.88. The van der Waals surface area contributed by atoms with Crippen molar-refractivity contribution in [2.24, 2.45) is 5.92 Å². The lowest BCUT2D eigenvalue weighted by atomic mass is 9.66. The molecule has 1 saturated heterocycles. The van der Waals surface area contributed by atoms with Crippen LogP contribution in [0.15, 0.2) is 36.4 Å². The summed E-state index contributed by atoms with van der Waals surface area (Å²) in [6.45, 7) is 0.865. The third-order valence-electron chi connectivity index (χ3n) is 5.85. The van der Waals surface area contributed by atoms with Crippen molar-refractivity contribution in [2.45, 2.75) is 43.7 Å². The van der Waals surface area contributed by atoms with Crippen LogP contribution in [0.3, 0.4) is 0 Å². The maximum atomic E-state index is 11.2. The van der Waals surface area contributed by atoms with Gasteiger partial charge in [0.15, 0.2) is 0 Å². The van der Waals surface area contributed by atoms with Gasteiger partial charge in [-0.3, -0.25) is 0 Å². The van der Waals surface area contributed by atoms with Gasteiger partial charge in [-0.25, -0.2) is 0 Å². The van der Waals surface area contributed by atoms with Gasteiger partial charge in [0, 0.05) is 17.5 Å². The minimum atomic E-state index is -0.518. The van der Waals surface area contributed by atoms with Gasteiger partial charge in [0.2, 0.25) is 0 Å². The van der Waals surface area contributed by atoms with Crippen molar-refractivity contribution >= 4 is 10.8 Å². The largest absolute Gasteiger partial charge is 0.496 e. The Labute approximate surface area is 137 Å². The van der Waals surface area contributed by atoms with Gasteiger partial charge in [-0.1, -0.05) is 43.2 Å². The number of ether oxygens (including phenoxy) is 1. The summed E-state index contributed by atoms with van der Waals surface area (Å²) in [5.41, 5.74) is 0.700. The fraction of sp³-hybridized carbons (Fsp3) is 0.500. The van der Waals surface area contributed by atoms with Crippen LogP contribution >= 0.6 is 0 Å². The van der Waals surface area contributed by atoms with Crippen LogP contribution in [-0.4, -0.2) is 24.4 Å². The molecule has 2 aromatic rings. The summed E-state index contributed by atoms with van der Waals surface area (Å²) in [6, 6.07) is 12.8. The van der Waals surface area contributed by atoms with E-state index in [1.807, 2.05) is 0 Å². The molecule has 0 spiro atoms.